The van der Waals surface area contributed by atoms with Crippen molar-refractivity contribution < 1.29 is 14.6 Å². The van der Waals surface area contributed by atoms with Gasteiger partial charge in [0.25, 0.3) is 0 Å². The van der Waals surface area contributed by atoms with Gasteiger partial charge in [0, 0.05) is 5.92 Å². The second kappa shape index (κ2) is 10.7. The summed E-state index contributed by atoms with van der Waals surface area (Å²) in [5, 5.41) is 17.9. The van der Waals surface area contributed by atoms with Gasteiger partial charge in [0.2, 0.25) is 0 Å². The van der Waals surface area contributed by atoms with Gasteiger partial charge in [-0.1, -0.05) is 103 Å². The van der Waals surface area contributed by atoms with E-state index in [0.29, 0.717) is 6.42 Å². The molecule has 1 atom stereocenters. The Labute approximate surface area is 222 Å². The van der Waals surface area contributed by atoms with E-state index in [9.17, 15) is 9.90 Å². The summed E-state index contributed by atoms with van der Waals surface area (Å²) < 4.78 is 5.68. The largest absolute Gasteiger partial charge is 0.449 e. The molecule has 0 aromatic heterocycles. The monoisotopic (exact) mass is 501 g/mol. The summed E-state index contributed by atoms with van der Waals surface area (Å²) in [6.07, 6.45) is 1.90. The molecule has 5 aromatic rings. The summed E-state index contributed by atoms with van der Waals surface area (Å²) in [7, 11) is 0. The Morgan fingerprint density at radius 2 is 1.39 bits per heavy atom. The molecule has 190 valence electrons. The summed E-state index contributed by atoms with van der Waals surface area (Å²) in [6, 6.07) is 35.5. The summed E-state index contributed by atoms with van der Waals surface area (Å²) in [5.74, 6) is 0.0157. The van der Waals surface area contributed by atoms with Crippen LogP contribution in [0.2, 0.25) is 0 Å². The number of fused-ring (bicyclic) bond motifs is 6. The fourth-order valence-electron chi connectivity index (χ4n) is 5.89. The maximum absolute atomic E-state index is 12.7. The Kier molecular flexibility index (Phi) is 6.80. The zero-order valence-corrected chi connectivity index (χ0v) is 21.3. The van der Waals surface area contributed by atoms with Crippen LogP contribution in [0.5, 0.6) is 0 Å². The average Bonchev–Trinajstić information content (AvgIpc) is 3.29. The summed E-state index contributed by atoms with van der Waals surface area (Å²) in [6.45, 7) is 0.143. The molecule has 2 N–H and O–H groups in total. The van der Waals surface area contributed by atoms with Crippen LogP contribution in [-0.4, -0.2) is 30.5 Å². The van der Waals surface area contributed by atoms with Gasteiger partial charge in [-0.05, 0) is 68.6 Å². The molecule has 1 amide bonds. The summed E-state index contributed by atoms with van der Waals surface area (Å²) in [4.78, 5) is 12.7. The number of amides is 1. The first-order valence-corrected chi connectivity index (χ1v) is 13.3. The highest BCUT2D eigenvalue weighted by Crippen LogP contribution is 2.44. The van der Waals surface area contributed by atoms with E-state index in [-0.39, 0.29) is 25.2 Å². The lowest BCUT2D eigenvalue weighted by atomic mass is 9.94. The van der Waals surface area contributed by atoms with Crippen LogP contribution in [0.3, 0.4) is 0 Å². The number of hydrogen-bond acceptors (Lipinski definition) is 3. The van der Waals surface area contributed by atoms with Crippen LogP contribution in [0.4, 0.5) is 4.79 Å². The average molecular weight is 502 g/mol. The number of carbonyl (C=O) groups is 1. The van der Waals surface area contributed by atoms with E-state index in [0.717, 1.165) is 12.8 Å². The quantitative estimate of drug-likeness (QED) is 0.221. The van der Waals surface area contributed by atoms with E-state index in [1.54, 1.807) is 0 Å². The van der Waals surface area contributed by atoms with Crippen molar-refractivity contribution in [3.8, 4) is 11.1 Å². The molecule has 0 bridgehead atoms. The summed E-state index contributed by atoms with van der Waals surface area (Å²) >= 11 is 0. The van der Waals surface area contributed by atoms with Crippen LogP contribution in [0.1, 0.15) is 35.4 Å². The number of carbonyl (C=O) groups excluding carboxylic acids is 1. The van der Waals surface area contributed by atoms with Crippen molar-refractivity contribution in [1.29, 1.82) is 0 Å². The van der Waals surface area contributed by atoms with Gasteiger partial charge in [-0.3, -0.25) is 0 Å². The SMILES string of the molecule is O=C(N[C@H](CO)CCCc1cc2ccccc2c2ccccc12)OCC1c2ccccc2-c2ccccc21. The van der Waals surface area contributed by atoms with E-state index in [1.165, 1.54) is 49.4 Å². The lowest BCUT2D eigenvalue weighted by Gasteiger charge is -2.19. The number of aliphatic hydroxyl groups is 1. The van der Waals surface area contributed by atoms with E-state index >= 15 is 0 Å². The molecule has 0 heterocycles. The molecule has 1 aliphatic carbocycles. The normalized spacial score (nSPS) is 13.3. The van der Waals surface area contributed by atoms with Gasteiger partial charge in [0.05, 0.1) is 12.6 Å². The molecule has 4 heteroatoms. The minimum Gasteiger partial charge on any atom is -0.449 e. The number of benzene rings is 5. The smallest absolute Gasteiger partial charge is 0.407 e. The molecule has 0 fully saturated rings. The number of rotatable bonds is 8. The molecule has 1 aliphatic rings. The van der Waals surface area contributed by atoms with Crippen LogP contribution < -0.4 is 5.32 Å². The second-order valence-corrected chi connectivity index (χ2v) is 10.0. The Hall–Kier alpha value is -4.15. The van der Waals surface area contributed by atoms with Crippen molar-refractivity contribution in [3.05, 3.63) is 120 Å². The zero-order chi connectivity index (χ0) is 25.9. The number of aliphatic hydroxyl groups excluding tert-OH is 1. The predicted octanol–water partition coefficient (Wildman–Crippen LogP) is 7.22. The van der Waals surface area contributed by atoms with Crippen LogP contribution in [0.15, 0.2) is 103 Å². The predicted molar refractivity (Wildman–Crippen MR) is 153 cm³/mol. The highest BCUT2D eigenvalue weighted by molar-refractivity contribution is 6.08. The molecule has 0 aliphatic heterocycles. The van der Waals surface area contributed by atoms with Crippen molar-refractivity contribution >= 4 is 27.6 Å². The molecule has 0 saturated heterocycles. The standard InChI is InChI=1S/C34H31NO3/c36-21-25(12-9-11-24-20-23-10-1-2-13-26(23)28-15-4-3-14-27(24)28)35-34(37)38-22-33-31-18-7-5-16-29(31)30-17-6-8-19-32(30)33/h1-8,10,13-20,25,33,36H,9,11-12,21-22H2,(H,35,37)/t25-/m0/s1. The molecular formula is C34H31NO3. The van der Waals surface area contributed by atoms with Crippen molar-refractivity contribution in [2.24, 2.45) is 0 Å². The fraction of sp³-hybridized carbons (Fsp3) is 0.206. The molecule has 0 saturated carbocycles. The Bertz CT molecular complexity index is 1560. The molecule has 0 spiro atoms. The molecule has 0 unspecified atom stereocenters. The first-order chi connectivity index (χ1) is 18.7. The van der Waals surface area contributed by atoms with E-state index in [4.69, 9.17) is 4.74 Å². The van der Waals surface area contributed by atoms with Gasteiger partial charge in [0.1, 0.15) is 6.61 Å². The van der Waals surface area contributed by atoms with Crippen molar-refractivity contribution in [2.75, 3.05) is 13.2 Å². The minimum atomic E-state index is -0.484. The van der Waals surface area contributed by atoms with Crippen LogP contribution >= 0.6 is 0 Å². The van der Waals surface area contributed by atoms with Crippen LogP contribution in [0, 0.1) is 0 Å². The number of alkyl carbamates (subject to hydrolysis) is 1. The van der Waals surface area contributed by atoms with E-state index < -0.39 is 6.09 Å². The topological polar surface area (TPSA) is 58.6 Å². The van der Waals surface area contributed by atoms with Gasteiger partial charge in [-0.25, -0.2) is 4.79 Å². The number of aryl methyl sites for hydroxylation is 1. The maximum atomic E-state index is 12.7. The first-order valence-electron chi connectivity index (χ1n) is 13.3. The van der Waals surface area contributed by atoms with Crippen LogP contribution in [0.25, 0.3) is 32.7 Å². The van der Waals surface area contributed by atoms with E-state index in [1.807, 2.05) is 24.3 Å². The van der Waals surface area contributed by atoms with E-state index in [2.05, 4.69) is 84.2 Å². The molecule has 38 heavy (non-hydrogen) atoms. The molecule has 6 rings (SSSR count). The third-order valence-electron chi connectivity index (χ3n) is 7.74. The maximum Gasteiger partial charge on any atom is 0.407 e. The molecule has 0 radical (unpaired) electrons. The van der Waals surface area contributed by atoms with Gasteiger partial charge in [0.15, 0.2) is 0 Å². The van der Waals surface area contributed by atoms with Gasteiger partial charge in [-0.15, -0.1) is 0 Å². The molecular weight excluding hydrogens is 470 g/mol. The third-order valence-corrected chi connectivity index (χ3v) is 7.74. The zero-order valence-electron chi connectivity index (χ0n) is 21.3. The van der Waals surface area contributed by atoms with Crippen molar-refractivity contribution in [3.63, 3.8) is 0 Å². The van der Waals surface area contributed by atoms with Gasteiger partial charge < -0.3 is 15.2 Å². The van der Waals surface area contributed by atoms with Crippen LogP contribution in [-0.2, 0) is 11.2 Å². The minimum absolute atomic E-state index is 0.0157. The number of ether oxygens (including phenoxy) is 1. The second-order valence-electron chi connectivity index (χ2n) is 10.0. The number of nitrogens with one attached hydrogen (secondary N) is 1. The number of hydrogen-bond donors (Lipinski definition) is 2. The fourth-order valence-corrected chi connectivity index (χ4v) is 5.89. The van der Waals surface area contributed by atoms with Crippen molar-refractivity contribution in [2.45, 2.75) is 31.2 Å². The third kappa shape index (κ3) is 4.64. The highest BCUT2D eigenvalue weighted by Gasteiger charge is 2.29. The molecule has 5 aromatic carbocycles. The lowest BCUT2D eigenvalue weighted by Crippen LogP contribution is -2.38. The van der Waals surface area contributed by atoms with Crippen molar-refractivity contribution in [1.82, 2.24) is 5.32 Å². The highest BCUT2D eigenvalue weighted by atomic mass is 16.5. The first kappa shape index (κ1) is 24.2. The molecule has 4 nitrogen and oxygen atoms in total. The Morgan fingerprint density at radius 1 is 0.789 bits per heavy atom. The summed E-state index contributed by atoms with van der Waals surface area (Å²) in [5.41, 5.74) is 6.06. The van der Waals surface area contributed by atoms with Gasteiger partial charge >= 0.3 is 6.09 Å². The Morgan fingerprint density at radius 3 is 2.11 bits per heavy atom. The lowest BCUT2D eigenvalue weighted by molar-refractivity contribution is 0.131. The Balaban J connectivity index is 1.08. The van der Waals surface area contributed by atoms with Gasteiger partial charge in [-0.2, -0.15) is 0 Å².